The van der Waals surface area contributed by atoms with E-state index in [0.717, 1.165) is 6.07 Å². The van der Waals surface area contributed by atoms with Crippen molar-refractivity contribution in [1.29, 1.82) is 0 Å². The summed E-state index contributed by atoms with van der Waals surface area (Å²) < 4.78 is 17.6. The minimum atomic E-state index is -0.718. The van der Waals surface area contributed by atoms with Gasteiger partial charge in [-0.2, -0.15) is 0 Å². The molecule has 0 saturated carbocycles. The molecule has 0 aliphatic carbocycles. The van der Waals surface area contributed by atoms with Crippen LogP contribution in [0, 0.1) is 5.82 Å². The van der Waals surface area contributed by atoms with Crippen LogP contribution in [0.2, 0.25) is 5.02 Å². The fourth-order valence-electron chi connectivity index (χ4n) is 1.69. The molecule has 1 aromatic heterocycles. The molecule has 2 rings (SSSR count). The molecule has 5 nitrogen and oxygen atoms in total. The highest BCUT2D eigenvalue weighted by Crippen LogP contribution is 2.31. The van der Waals surface area contributed by atoms with Gasteiger partial charge in [0, 0.05) is 11.3 Å². The third-order valence-corrected chi connectivity index (χ3v) is 3.05. The van der Waals surface area contributed by atoms with Crippen molar-refractivity contribution >= 4 is 28.9 Å². The van der Waals surface area contributed by atoms with Gasteiger partial charge in [-0.3, -0.25) is 0 Å². The predicted octanol–water partition coefficient (Wildman–Crippen LogP) is 2.49. The quantitative estimate of drug-likeness (QED) is 0.656. The number of anilines is 2. The van der Waals surface area contributed by atoms with E-state index in [4.69, 9.17) is 23.1 Å². The van der Waals surface area contributed by atoms with Crippen LogP contribution in [0.5, 0.6) is 0 Å². The molecule has 0 aliphatic rings. The zero-order valence-electron chi connectivity index (χ0n) is 10.5. The molecule has 0 fully saturated rings. The second kappa shape index (κ2) is 5.34. The molecule has 1 aromatic carbocycles. The molecule has 4 N–H and O–H groups in total. The number of nitrogens with two attached hydrogens (primary N) is 2. The van der Waals surface area contributed by atoms with Gasteiger partial charge in [-0.25, -0.2) is 14.2 Å². The van der Waals surface area contributed by atoms with Crippen molar-refractivity contribution in [2.45, 2.75) is 0 Å². The van der Waals surface area contributed by atoms with E-state index in [2.05, 4.69) is 9.72 Å². The van der Waals surface area contributed by atoms with Gasteiger partial charge in [-0.1, -0.05) is 11.6 Å². The number of carbonyl (C=O) groups is 1. The van der Waals surface area contributed by atoms with E-state index < -0.39 is 11.8 Å². The van der Waals surface area contributed by atoms with Crippen LogP contribution in [-0.4, -0.2) is 18.1 Å². The molecule has 0 amide bonds. The topological polar surface area (TPSA) is 91.2 Å². The summed E-state index contributed by atoms with van der Waals surface area (Å²) in [7, 11) is 1.20. The molecule has 104 valence electrons. The van der Waals surface area contributed by atoms with Crippen LogP contribution in [-0.2, 0) is 4.74 Å². The summed E-state index contributed by atoms with van der Waals surface area (Å²) in [6.07, 6.45) is 0. The van der Waals surface area contributed by atoms with Gasteiger partial charge in [0.05, 0.1) is 23.5 Å². The molecule has 2 aromatic rings. The fourth-order valence-corrected chi connectivity index (χ4v) is 1.86. The number of rotatable bonds is 2. The van der Waals surface area contributed by atoms with Crippen LogP contribution < -0.4 is 11.5 Å². The molecule has 0 radical (unpaired) electrons. The van der Waals surface area contributed by atoms with Crippen LogP contribution in [0.3, 0.4) is 0 Å². The van der Waals surface area contributed by atoms with Crippen molar-refractivity contribution < 1.29 is 13.9 Å². The monoisotopic (exact) mass is 295 g/mol. The molecule has 20 heavy (non-hydrogen) atoms. The number of halogens is 2. The SMILES string of the molecule is COC(=O)c1nc(-c2ccc(F)cc2N)cc(N)c1Cl. The first-order valence-electron chi connectivity index (χ1n) is 5.53. The third kappa shape index (κ3) is 2.50. The van der Waals surface area contributed by atoms with E-state index in [1.54, 1.807) is 0 Å². The Morgan fingerprint density at radius 3 is 2.60 bits per heavy atom. The number of pyridine rings is 1. The Kier molecular flexibility index (Phi) is 3.76. The maximum Gasteiger partial charge on any atom is 0.358 e. The number of benzene rings is 1. The lowest BCUT2D eigenvalue weighted by molar-refractivity contribution is 0.0594. The van der Waals surface area contributed by atoms with Gasteiger partial charge in [0.25, 0.3) is 0 Å². The van der Waals surface area contributed by atoms with Crippen molar-refractivity contribution in [2.24, 2.45) is 0 Å². The number of nitrogens with zero attached hydrogens (tertiary/aromatic N) is 1. The summed E-state index contributed by atoms with van der Waals surface area (Å²) >= 11 is 5.91. The van der Waals surface area contributed by atoms with Crippen LogP contribution >= 0.6 is 11.6 Å². The highest BCUT2D eigenvalue weighted by molar-refractivity contribution is 6.35. The predicted molar refractivity (Wildman–Crippen MR) is 74.8 cm³/mol. The van der Waals surface area contributed by atoms with Crippen LogP contribution in [0.15, 0.2) is 24.3 Å². The van der Waals surface area contributed by atoms with Gasteiger partial charge in [0.1, 0.15) is 5.82 Å². The van der Waals surface area contributed by atoms with Crippen molar-refractivity contribution in [2.75, 3.05) is 18.6 Å². The van der Waals surface area contributed by atoms with Crippen molar-refractivity contribution in [3.05, 3.63) is 40.8 Å². The lowest BCUT2D eigenvalue weighted by Gasteiger charge is -2.10. The second-order valence-corrected chi connectivity index (χ2v) is 4.36. The normalized spacial score (nSPS) is 10.3. The Labute approximate surface area is 119 Å². The summed E-state index contributed by atoms with van der Waals surface area (Å²) in [5.41, 5.74) is 12.4. The molecule has 0 atom stereocenters. The minimum absolute atomic E-state index is 0.00119. The molecule has 1 heterocycles. The summed E-state index contributed by atoms with van der Waals surface area (Å²) in [5, 5.41) is 0.00119. The zero-order chi connectivity index (χ0) is 14.9. The van der Waals surface area contributed by atoms with E-state index >= 15 is 0 Å². The van der Waals surface area contributed by atoms with Gasteiger partial charge in [0.15, 0.2) is 5.69 Å². The Hall–Kier alpha value is -2.34. The minimum Gasteiger partial charge on any atom is -0.464 e. The van der Waals surface area contributed by atoms with Gasteiger partial charge in [-0.05, 0) is 24.3 Å². The first kappa shape index (κ1) is 14.1. The first-order chi connectivity index (χ1) is 9.43. The maximum absolute atomic E-state index is 13.0. The Morgan fingerprint density at radius 1 is 1.30 bits per heavy atom. The van der Waals surface area contributed by atoms with Crippen LogP contribution in [0.1, 0.15) is 10.5 Å². The van der Waals surface area contributed by atoms with Gasteiger partial charge >= 0.3 is 5.97 Å². The Balaban J connectivity index is 2.63. The van der Waals surface area contributed by atoms with Gasteiger partial charge < -0.3 is 16.2 Å². The van der Waals surface area contributed by atoms with E-state index in [-0.39, 0.29) is 22.1 Å². The first-order valence-corrected chi connectivity index (χ1v) is 5.91. The number of hydrogen-bond donors (Lipinski definition) is 2. The Morgan fingerprint density at radius 2 is 2.00 bits per heavy atom. The van der Waals surface area contributed by atoms with E-state index in [9.17, 15) is 9.18 Å². The molecule has 0 spiro atoms. The number of ether oxygens (including phenoxy) is 1. The number of aromatic nitrogens is 1. The number of hydrogen-bond acceptors (Lipinski definition) is 5. The summed E-state index contributed by atoms with van der Waals surface area (Å²) in [4.78, 5) is 15.7. The molecule has 0 bridgehead atoms. The Bertz CT molecular complexity index is 692. The molecule has 0 aliphatic heterocycles. The van der Waals surface area contributed by atoms with E-state index in [1.807, 2.05) is 0 Å². The average Bonchev–Trinajstić information content (AvgIpc) is 2.41. The highest BCUT2D eigenvalue weighted by atomic mass is 35.5. The molecular formula is C13H11ClFN3O2. The van der Waals surface area contributed by atoms with E-state index in [0.29, 0.717) is 11.3 Å². The van der Waals surface area contributed by atoms with E-state index in [1.165, 1.54) is 25.3 Å². The summed E-state index contributed by atoms with van der Waals surface area (Å²) in [6.45, 7) is 0. The smallest absolute Gasteiger partial charge is 0.358 e. The van der Waals surface area contributed by atoms with Crippen molar-refractivity contribution in [3.8, 4) is 11.3 Å². The average molecular weight is 296 g/mol. The van der Waals surface area contributed by atoms with Crippen molar-refractivity contribution in [1.82, 2.24) is 4.98 Å². The van der Waals surface area contributed by atoms with Crippen molar-refractivity contribution in [3.63, 3.8) is 0 Å². The highest BCUT2D eigenvalue weighted by Gasteiger charge is 2.18. The lowest BCUT2D eigenvalue weighted by Crippen LogP contribution is -2.08. The lowest BCUT2D eigenvalue weighted by atomic mass is 10.1. The number of methoxy groups -OCH3 is 1. The van der Waals surface area contributed by atoms with Crippen LogP contribution in [0.4, 0.5) is 15.8 Å². The summed E-state index contributed by atoms with van der Waals surface area (Å²) in [6, 6.07) is 5.29. The zero-order valence-corrected chi connectivity index (χ0v) is 11.2. The fraction of sp³-hybridized carbons (Fsp3) is 0.0769. The van der Waals surface area contributed by atoms with Crippen LogP contribution in [0.25, 0.3) is 11.3 Å². The summed E-state index contributed by atoms with van der Waals surface area (Å²) in [5.74, 6) is -1.19. The maximum atomic E-state index is 13.0. The van der Waals surface area contributed by atoms with Gasteiger partial charge in [-0.15, -0.1) is 0 Å². The number of nitrogen functional groups attached to an aromatic ring is 2. The number of esters is 1. The van der Waals surface area contributed by atoms with Gasteiger partial charge in [0.2, 0.25) is 0 Å². The molecule has 7 heteroatoms. The molecule has 0 saturated heterocycles. The largest absolute Gasteiger partial charge is 0.464 e. The molecule has 0 unspecified atom stereocenters. The molecular weight excluding hydrogens is 285 g/mol. The third-order valence-electron chi connectivity index (χ3n) is 2.65. The number of carbonyl (C=O) groups excluding carboxylic acids is 1. The standard InChI is InChI=1S/C13H11ClFN3O2/c1-20-13(19)12-11(14)9(17)5-10(18-12)7-3-2-6(15)4-8(7)16/h2-5H,16H2,1H3,(H2,17,18). The second-order valence-electron chi connectivity index (χ2n) is 3.98.